The van der Waals surface area contributed by atoms with Crippen LogP contribution >= 0.6 is 0 Å². The summed E-state index contributed by atoms with van der Waals surface area (Å²) >= 11 is 0. The molecule has 0 bridgehead atoms. The summed E-state index contributed by atoms with van der Waals surface area (Å²) in [5.41, 5.74) is 0. The third-order valence-corrected chi connectivity index (χ3v) is 7.58. The first-order valence-corrected chi connectivity index (χ1v) is 16.1. The number of hydrogen-bond acceptors (Lipinski definition) is 4. The van der Waals surface area contributed by atoms with E-state index >= 15 is 0 Å². The molecule has 2 unspecified atom stereocenters. The smallest absolute Gasteiger partial charge is 0.309 e. The number of carboxylic acid groups (broad SMARTS) is 1. The van der Waals surface area contributed by atoms with Crippen LogP contribution in [0.3, 0.4) is 0 Å². The van der Waals surface area contributed by atoms with Crippen molar-refractivity contribution in [3.8, 4) is 0 Å². The van der Waals surface area contributed by atoms with E-state index in [1.54, 1.807) is 0 Å². The summed E-state index contributed by atoms with van der Waals surface area (Å²) in [6, 6.07) is 0. The van der Waals surface area contributed by atoms with Crippen molar-refractivity contribution < 1.29 is 19.4 Å². The minimum absolute atomic E-state index is 0.118. The van der Waals surface area contributed by atoms with Crippen LogP contribution in [0.1, 0.15) is 156 Å². The molecule has 0 aromatic heterocycles. The molecule has 0 aliphatic heterocycles. The van der Waals surface area contributed by atoms with Gasteiger partial charge in [-0.05, 0) is 64.1 Å². The van der Waals surface area contributed by atoms with Crippen molar-refractivity contribution >= 4 is 11.9 Å². The van der Waals surface area contributed by atoms with Gasteiger partial charge in [0.25, 0.3) is 0 Å². The van der Waals surface area contributed by atoms with Gasteiger partial charge >= 0.3 is 11.9 Å². The number of aliphatic carboxylic acids is 1. The minimum Gasteiger partial charge on any atom is -0.481 e. The molecule has 37 heavy (non-hydrogen) atoms. The van der Waals surface area contributed by atoms with E-state index in [-0.39, 0.29) is 12.4 Å². The number of nitrogens with zero attached hydrogens (tertiary/aromatic N) is 1. The molecule has 0 aromatic carbocycles. The van der Waals surface area contributed by atoms with Crippen LogP contribution in [0.2, 0.25) is 0 Å². The van der Waals surface area contributed by atoms with E-state index in [1.807, 2.05) is 0 Å². The largest absolute Gasteiger partial charge is 0.481 e. The molecule has 1 N–H and O–H groups in total. The van der Waals surface area contributed by atoms with Crippen molar-refractivity contribution in [3.63, 3.8) is 0 Å². The maximum absolute atomic E-state index is 12.9. The number of ether oxygens (including phenoxy) is 1. The number of unbranched alkanes of at least 4 members (excludes halogenated alkanes) is 11. The average Bonchev–Trinajstić information content (AvgIpc) is 2.88. The molecule has 0 fully saturated rings. The molecule has 0 aliphatic rings. The lowest BCUT2D eigenvalue weighted by molar-refractivity contribution is -0.154. The molecule has 0 radical (unpaired) electrons. The van der Waals surface area contributed by atoms with Crippen LogP contribution in [0.4, 0.5) is 0 Å². The summed E-state index contributed by atoms with van der Waals surface area (Å²) in [4.78, 5) is 26.9. The summed E-state index contributed by atoms with van der Waals surface area (Å²) in [6.45, 7) is 12.7. The fourth-order valence-electron chi connectivity index (χ4n) is 5.04. The maximum atomic E-state index is 12.9. The van der Waals surface area contributed by atoms with Crippen LogP contribution in [0.25, 0.3) is 0 Å². The normalized spacial score (nSPS) is 13.1. The molecule has 0 amide bonds. The van der Waals surface area contributed by atoms with Crippen LogP contribution in [-0.4, -0.2) is 48.2 Å². The standard InChI is InChI=1S/C32H63NO4/c1-5-9-13-15-16-18-22-29(21-17-14-10-6-2)28-37-32(36)30(27-31(34)35)23-19-20-26-33(24-11-7-3)25-12-8-4/h29-30H,5-28H2,1-4H3,(H,34,35). The lowest BCUT2D eigenvalue weighted by Gasteiger charge is -2.22. The summed E-state index contributed by atoms with van der Waals surface area (Å²) in [5.74, 6) is -1.31. The van der Waals surface area contributed by atoms with E-state index in [4.69, 9.17) is 4.74 Å². The van der Waals surface area contributed by atoms with Gasteiger partial charge in [-0.3, -0.25) is 9.59 Å². The predicted octanol–water partition coefficient (Wildman–Crippen LogP) is 9.03. The lowest BCUT2D eigenvalue weighted by Crippen LogP contribution is -2.28. The summed E-state index contributed by atoms with van der Waals surface area (Å²) < 4.78 is 5.79. The zero-order chi connectivity index (χ0) is 27.6. The summed E-state index contributed by atoms with van der Waals surface area (Å²) in [7, 11) is 0. The van der Waals surface area contributed by atoms with E-state index in [1.165, 1.54) is 89.9 Å². The second-order valence-electron chi connectivity index (χ2n) is 11.2. The Kier molecular flexibility index (Phi) is 25.7. The third kappa shape index (κ3) is 22.6. The Labute approximate surface area is 230 Å². The number of carbonyl (C=O) groups is 2. The monoisotopic (exact) mass is 525 g/mol. The quantitative estimate of drug-likeness (QED) is 0.0815. The van der Waals surface area contributed by atoms with Gasteiger partial charge < -0.3 is 14.7 Å². The Hall–Kier alpha value is -1.10. The molecular weight excluding hydrogens is 462 g/mol. The Balaban J connectivity index is 4.66. The van der Waals surface area contributed by atoms with E-state index < -0.39 is 11.9 Å². The second-order valence-corrected chi connectivity index (χ2v) is 11.2. The van der Waals surface area contributed by atoms with E-state index in [2.05, 4.69) is 32.6 Å². The first-order valence-electron chi connectivity index (χ1n) is 16.1. The zero-order valence-corrected chi connectivity index (χ0v) is 25.2. The van der Waals surface area contributed by atoms with Gasteiger partial charge in [0, 0.05) is 0 Å². The van der Waals surface area contributed by atoms with Crippen molar-refractivity contribution in [1.29, 1.82) is 0 Å². The summed E-state index contributed by atoms with van der Waals surface area (Å²) in [5, 5.41) is 9.40. The van der Waals surface area contributed by atoms with Crippen LogP contribution in [-0.2, 0) is 14.3 Å². The average molecular weight is 526 g/mol. The molecule has 0 saturated heterocycles. The lowest BCUT2D eigenvalue weighted by atomic mass is 9.94. The summed E-state index contributed by atoms with van der Waals surface area (Å²) in [6.07, 6.45) is 22.0. The van der Waals surface area contributed by atoms with Gasteiger partial charge in [0.1, 0.15) is 0 Å². The highest BCUT2D eigenvalue weighted by molar-refractivity contribution is 5.79. The first kappa shape index (κ1) is 35.9. The van der Waals surface area contributed by atoms with Crippen LogP contribution in [0.5, 0.6) is 0 Å². The SMILES string of the molecule is CCCCCCCCC(CCCCCC)COC(=O)C(CCCCN(CCCC)CCCC)CC(=O)O. The Morgan fingerprint density at radius 2 is 1.08 bits per heavy atom. The molecule has 5 heteroatoms. The van der Waals surface area contributed by atoms with Gasteiger partial charge in [0.05, 0.1) is 18.9 Å². The van der Waals surface area contributed by atoms with Crippen LogP contribution in [0.15, 0.2) is 0 Å². The number of rotatable bonds is 28. The third-order valence-electron chi connectivity index (χ3n) is 7.58. The fraction of sp³-hybridized carbons (Fsp3) is 0.938. The molecule has 2 atom stereocenters. The van der Waals surface area contributed by atoms with E-state index in [0.717, 1.165) is 45.3 Å². The first-order chi connectivity index (χ1) is 18.0. The highest BCUT2D eigenvalue weighted by atomic mass is 16.5. The molecule has 0 rings (SSSR count). The predicted molar refractivity (Wildman–Crippen MR) is 157 cm³/mol. The Bertz CT molecular complexity index is 517. The van der Waals surface area contributed by atoms with Gasteiger partial charge in [-0.25, -0.2) is 0 Å². The number of carbonyl (C=O) groups excluding carboxylic acids is 1. The highest BCUT2D eigenvalue weighted by Gasteiger charge is 2.24. The highest BCUT2D eigenvalue weighted by Crippen LogP contribution is 2.22. The molecule has 0 aromatic rings. The molecular formula is C32H63NO4. The molecule has 0 saturated carbocycles. The van der Waals surface area contributed by atoms with Crippen molar-refractivity contribution in [1.82, 2.24) is 4.90 Å². The van der Waals surface area contributed by atoms with Gasteiger partial charge in [0.15, 0.2) is 0 Å². The number of esters is 1. The van der Waals surface area contributed by atoms with Gasteiger partial charge in [-0.1, -0.05) is 111 Å². The van der Waals surface area contributed by atoms with Crippen molar-refractivity contribution in [2.24, 2.45) is 11.8 Å². The second kappa shape index (κ2) is 26.5. The molecule has 220 valence electrons. The molecule has 0 aliphatic carbocycles. The van der Waals surface area contributed by atoms with Crippen LogP contribution < -0.4 is 0 Å². The maximum Gasteiger partial charge on any atom is 0.309 e. The molecule has 0 spiro atoms. The number of hydrogen-bond donors (Lipinski definition) is 1. The van der Waals surface area contributed by atoms with Gasteiger partial charge in [-0.2, -0.15) is 0 Å². The minimum atomic E-state index is -0.905. The van der Waals surface area contributed by atoms with Crippen molar-refractivity contribution in [2.45, 2.75) is 156 Å². The molecule has 5 nitrogen and oxygen atoms in total. The number of carboxylic acids is 1. The zero-order valence-electron chi connectivity index (χ0n) is 25.2. The van der Waals surface area contributed by atoms with Crippen molar-refractivity contribution in [2.75, 3.05) is 26.2 Å². The fourth-order valence-corrected chi connectivity index (χ4v) is 5.04. The Morgan fingerprint density at radius 3 is 1.62 bits per heavy atom. The van der Waals surface area contributed by atoms with Gasteiger partial charge in [-0.15, -0.1) is 0 Å². The van der Waals surface area contributed by atoms with E-state index in [9.17, 15) is 14.7 Å². The van der Waals surface area contributed by atoms with Gasteiger partial charge in [0.2, 0.25) is 0 Å². The van der Waals surface area contributed by atoms with Crippen molar-refractivity contribution in [3.05, 3.63) is 0 Å². The molecule has 0 heterocycles. The van der Waals surface area contributed by atoms with E-state index in [0.29, 0.717) is 18.9 Å². The topological polar surface area (TPSA) is 66.8 Å². The Morgan fingerprint density at radius 1 is 0.622 bits per heavy atom. The van der Waals surface area contributed by atoms with Crippen LogP contribution in [0, 0.1) is 11.8 Å².